The lowest BCUT2D eigenvalue weighted by molar-refractivity contribution is -0.135. The zero-order valence-electron chi connectivity index (χ0n) is 22.7. The summed E-state index contributed by atoms with van der Waals surface area (Å²) in [5.74, 6) is 0.211. The Morgan fingerprint density at radius 2 is 1.66 bits per heavy atom. The van der Waals surface area contributed by atoms with E-state index in [0.717, 1.165) is 24.0 Å². The lowest BCUT2D eigenvalue weighted by atomic mass is 9.87. The molecule has 9 nitrogen and oxygen atoms in total. The first kappa shape index (κ1) is 28.7. The molecule has 3 heterocycles. The lowest BCUT2D eigenvalue weighted by Gasteiger charge is -2.36. The Hall–Kier alpha value is -3.83. The molecule has 11 heteroatoms. The molecule has 210 valence electrons. The molecule has 41 heavy (non-hydrogen) atoms. The number of benzene rings is 2. The Kier molecular flexibility index (Phi) is 8.94. The van der Waals surface area contributed by atoms with Crippen molar-refractivity contribution in [3.05, 3.63) is 88.1 Å². The fourth-order valence-corrected chi connectivity index (χ4v) is 6.87. The summed E-state index contributed by atoms with van der Waals surface area (Å²) in [6.45, 7) is 2.58. The zero-order valence-corrected chi connectivity index (χ0v) is 24.3. The monoisotopic (exact) mass is 587 g/mol. The molecule has 3 aromatic rings. The molecular weight excluding hydrogens is 558 g/mol. The average Bonchev–Trinajstić information content (AvgIpc) is 3.43. The van der Waals surface area contributed by atoms with Crippen molar-refractivity contribution in [3.8, 4) is 12.1 Å². The smallest absolute Gasteiger partial charge is 0.228 e. The van der Waals surface area contributed by atoms with Gasteiger partial charge in [0.15, 0.2) is 11.5 Å². The van der Waals surface area contributed by atoms with E-state index in [9.17, 15) is 14.3 Å². The van der Waals surface area contributed by atoms with Gasteiger partial charge in [-0.2, -0.15) is 10.5 Å². The van der Waals surface area contributed by atoms with E-state index < -0.39 is 11.0 Å². The number of rotatable bonds is 5. The highest BCUT2D eigenvalue weighted by molar-refractivity contribution is 7.81. The first-order valence-corrected chi connectivity index (χ1v) is 15.4. The predicted octanol–water partition coefficient (Wildman–Crippen LogP) is 4.05. The summed E-state index contributed by atoms with van der Waals surface area (Å²) in [5, 5.41) is 27.2. The molecule has 0 spiro atoms. The normalized spacial score (nSPS) is 22.3. The van der Waals surface area contributed by atoms with Crippen LogP contribution in [0.3, 0.4) is 0 Å². The topological polar surface area (TPSA) is 117 Å². The van der Waals surface area contributed by atoms with Crippen LogP contribution in [-0.2, 0) is 15.8 Å². The SMILES string of the molecule is CS(=O)N1CCN(C(=O)C2CN(c3ccc(C#N)nn3)C[C@H]2c2ccc(C#N)cc2)CCCC1c1ccc(Cl)cc1. The summed E-state index contributed by atoms with van der Waals surface area (Å²) in [6.07, 6.45) is 3.22. The number of halogens is 1. The van der Waals surface area contributed by atoms with Gasteiger partial charge in [-0.05, 0) is 60.4 Å². The second-order valence-corrected chi connectivity index (χ2v) is 12.1. The number of carbonyl (C=O) groups excluding carboxylic acids is 1. The molecule has 0 N–H and O–H groups in total. The van der Waals surface area contributed by atoms with Gasteiger partial charge < -0.3 is 9.80 Å². The van der Waals surface area contributed by atoms with Crippen LogP contribution in [0.4, 0.5) is 5.82 Å². The zero-order chi connectivity index (χ0) is 28.9. The van der Waals surface area contributed by atoms with E-state index in [0.29, 0.717) is 49.1 Å². The highest BCUT2D eigenvalue weighted by atomic mass is 35.5. The van der Waals surface area contributed by atoms with Gasteiger partial charge in [0, 0.05) is 56.0 Å². The minimum atomic E-state index is -1.22. The second-order valence-electron chi connectivity index (χ2n) is 10.3. The van der Waals surface area contributed by atoms with Gasteiger partial charge in [-0.1, -0.05) is 35.9 Å². The van der Waals surface area contributed by atoms with Gasteiger partial charge in [0.25, 0.3) is 0 Å². The maximum absolute atomic E-state index is 14.2. The number of amides is 1. The van der Waals surface area contributed by atoms with Crippen molar-refractivity contribution in [2.24, 2.45) is 5.92 Å². The molecule has 0 aliphatic carbocycles. The number of aromatic nitrogens is 2. The van der Waals surface area contributed by atoms with Gasteiger partial charge >= 0.3 is 0 Å². The summed E-state index contributed by atoms with van der Waals surface area (Å²) in [5.41, 5.74) is 2.86. The molecule has 2 fully saturated rings. The van der Waals surface area contributed by atoms with Gasteiger partial charge in [-0.25, -0.2) is 8.51 Å². The standard InChI is InChI=1S/C30H30ClN7O2S/c1-41(40)38-16-15-36(14-2-3-28(38)23-8-10-24(31)11-9-23)30(39)27-20-37(29-13-12-25(18-33)34-35-29)19-26(27)22-6-4-21(17-32)5-7-22/h4-13,26-28H,2-3,14-16,19-20H2,1H3/t26-,27?,28?,41?/m0/s1. The lowest BCUT2D eigenvalue weighted by Crippen LogP contribution is -2.46. The first-order valence-electron chi connectivity index (χ1n) is 13.5. The van der Waals surface area contributed by atoms with Crippen LogP contribution in [0.1, 0.15) is 47.2 Å². The second kappa shape index (κ2) is 12.8. The number of hydrogen-bond donors (Lipinski definition) is 0. The molecule has 2 aliphatic heterocycles. The van der Waals surface area contributed by atoms with E-state index in [-0.39, 0.29) is 29.5 Å². The Bertz CT molecular complexity index is 1490. The van der Waals surface area contributed by atoms with Gasteiger partial charge in [0.2, 0.25) is 5.91 Å². The van der Waals surface area contributed by atoms with E-state index in [4.69, 9.17) is 16.9 Å². The molecule has 4 atom stereocenters. The fourth-order valence-electron chi connectivity index (χ4n) is 5.82. The summed E-state index contributed by atoms with van der Waals surface area (Å²) in [6, 6.07) is 22.6. The maximum Gasteiger partial charge on any atom is 0.228 e. The first-order chi connectivity index (χ1) is 19.9. The number of nitrogens with zero attached hydrogens (tertiary/aromatic N) is 7. The van der Waals surface area contributed by atoms with E-state index in [1.165, 1.54) is 0 Å². The van der Waals surface area contributed by atoms with E-state index in [1.807, 2.05) is 56.6 Å². The maximum atomic E-state index is 14.2. The van der Waals surface area contributed by atoms with Crippen LogP contribution in [0, 0.1) is 28.6 Å². The van der Waals surface area contributed by atoms with Gasteiger partial charge in [0.05, 0.1) is 28.5 Å². The summed E-state index contributed by atoms with van der Waals surface area (Å²) >= 11 is 6.10. The van der Waals surface area contributed by atoms with Crippen LogP contribution in [0.15, 0.2) is 60.7 Å². The van der Waals surface area contributed by atoms with E-state index in [1.54, 1.807) is 30.5 Å². The Labute approximate surface area is 247 Å². The molecule has 2 saturated heterocycles. The van der Waals surface area contributed by atoms with Crippen LogP contribution in [0.5, 0.6) is 0 Å². The van der Waals surface area contributed by atoms with Crippen LogP contribution < -0.4 is 4.90 Å². The molecule has 0 bridgehead atoms. The fraction of sp³-hybridized carbons (Fsp3) is 0.367. The number of nitriles is 2. The molecule has 5 rings (SSSR count). The third-order valence-corrected chi connectivity index (χ3v) is 9.28. The Morgan fingerprint density at radius 3 is 2.29 bits per heavy atom. The van der Waals surface area contributed by atoms with Crippen molar-refractivity contribution in [2.45, 2.75) is 24.8 Å². The molecule has 3 unspecified atom stereocenters. The predicted molar refractivity (Wildman–Crippen MR) is 157 cm³/mol. The summed E-state index contributed by atoms with van der Waals surface area (Å²) in [7, 11) is -1.22. The highest BCUT2D eigenvalue weighted by Gasteiger charge is 2.41. The quantitative estimate of drug-likeness (QED) is 0.442. The van der Waals surface area contributed by atoms with Crippen molar-refractivity contribution in [1.29, 1.82) is 10.5 Å². The number of carbonyl (C=O) groups is 1. The summed E-state index contributed by atoms with van der Waals surface area (Å²) in [4.78, 5) is 18.1. The largest absolute Gasteiger partial charge is 0.354 e. The molecule has 0 radical (unpaired) electrons. The van der Waals surface area contributed by atoms with Crippen molar-refractivity contribution in [2.75, 3.05) is 43.9 Å². The molecule has 0 saturated carbocycles. The highest BCUT2D eigenvalue weighted by Crippen LogP contribution is 2.37. The Morgan fingerprint density at radius 1 is 0.927 bits per heavy atom. The van der Waals surface area contributed by atoms with Crippen molar-refractivity contribution in [3.63, 3.8) is 0 Å². The van der Waals surface area contributed by atoms with Crippen LogP contribution in [-0.4, -0.2) is 68.5 Å². The Balaban J connectivity index is 1.38. The minimum absolute atomic E-state index is 0.0151. The average molecular weight is 588 g/mol. The third-order valence-electron chi connectivity index (χ3n) is 7.93. The van der Waals surface area contributed by atoms with Gasteiger partial charge in [-0.15, -0.1) is 10.2 Å². The van der Waals surface area contributed by atoms with Crippen LogP contribution >= 0.6 is 11.6 Å². The van der Waals surface area contributed by atoms with Crippen molar-refractivity contribution >= 4 is 34.3 Å². The third kappa shape index (κ3) is 6.41. The van der Waals surface area contributed by atoms with Gasteiger partial charge in [-0.3, -0.25) is 4.79 Å². The molecular formula is C30H30ClN7O2S. The number of anilines is 1. The van der Waals surface area contributed by atoms with E-state index in [2.05, 4.69) is 16.3 Å². The van der Waals surface area contributed by atoms with Crippen molar-refractivity contribution < 1.29 is 9.00 Å². The molecule has 2 aliphatic rings. The molecule has 2 aromatic carbocycles. The van der Waals surface area contributed by atoms with Crippen LogP contribution in [0.25, 0.3) is 0 Å². The van der Waals surface area contributed by atoms with E-state index >= 15 is 0 Å². The molecule has 1 aromatic heterocycles. The summed E-state index contributed by atoms with van der Waals surface area (Å²) < 4.78 is 14.8. The minimum Gasteiger partial charge on any atom is -0.354 e. The number of hydrogen-bond acceptors (Lipinski definition) is 7. The van der Waals surface area contributed by atoms with Crippen LogP contribution in [0.2, 0.25) is 5.02 Å². The van der Waals surface area contributed by atoms with Crippen molar-refractivity contribution in [1.82, 2.24) is 19.4 Å². The van der Waals surface area contributed by atoms with Gasteiger partial charge in [0.1, 0.15) is 6.07 Å². The molecule has 1 amide bonds.